The van der Waals surface area contributed by atoms with Crippen LogP contribution in [0.4, 0.5) is 0 Å². The first-order valence-corrected chi connectivity index (χ1v) is 28.2. The van der Waals surface area contributed by atoms with Crippen LogP contribution in [-0.2, 0) is 56.8 Å². The van der Waals surface area contributed by atoms with Crippen LogP contribution >= 0.6 is 0 Å². The predicted molar refractivity (Wildman–Crippen MR) is 274 cm³/mol. The first kappa shape index (κ1) is 56.2. The Labute approximate surface area is 435 Å². The molecule has 7 rings (SSSR count). The van der Waals surface area contributed by atoms with Crippen molar-refractivity contribution in [1.29, 1.82) is 0 Å². The SMILES string of the molecule is CC[Si](CC)(CC)O[C@H]1C[C@H]2OC[C@@]2(OC(C)=O)C2[C@H](OC(=O)c3ccccc3)[C@]3(O)C[C@H](OC(=O)[C@H](OC(C)(C)OC)[C@@H](NC(=O)c4ccccc4)c4ccccc4)C(C)=C([C@@H](OC(C)=O)C(=O)[C@@]21C)C3(C)C. The van der Waals surface area contributed by atoms with Crippen molar-refractivity contribution in [3.63, 3.8) is 0 Å². The van der Waals surface area contributed by atoms with Gasteiger partial charge in [-0.1, -0.05) is 101 Å². The zero-order valence-electron chi connectivity index (χ0n) is 44.7. The maximum absolute atomic E-state index is 16.5. The first-order chi connectivity index (χ1) is 34.9. The third-order valence-electron chi connectivity index (χ3n) is 16.7. The standard InChI is InChI=1S/C57H73NO15Si/c1-13-74(14-2,15-3)73-41-31-42-56(33-67-42,71-36(6)60)47-49(70-51(63)39-29-23-18-24-30-39)57(65)32-40(34(4)43(53(57,7)8)45(68-35(5)59)48(61)55(41,47)11)69-52(64)46(72-54(9,10)66-12)44(37-25-19-16-20-26-37)58-50(62)38-27-21-17-22-28-38/h16-30,40-42,44-47,49,65H,13-15,31-33H2,1-12H3,(H,58,62)/t40-,41-,42+,44-,45+,46+,47?,49-,55+,56-,57+/m0/s1. The van der Waals surface area contributed by atoms with E-state index in [2.05, 4.69) is 5.32 Å². The van der Waals surface area contributed by atoms with Crippen LogP contribution in [0.2, 0.25) is 18.1 Å². The molecule has 0 spiro atoms. The molecule has 74 heavy (non-hydrogen) atoms. The number of benzene rings is 3. The number of esters is 4. The Bertz CT molecular complexity index is 2590. The highest BCUT2D eigenvalue weighted by atomic mass is 28.4. The van der Waals surface area contributed by atoms with Crippen LogP contribution in [0.15, 0.2) is 102 Å². The molecule has 2 N–H and O–H groups in total. The van der Waals surface area contributed by atoms with Crippen molar-refractivity contribution >= 4 is 43.9 Å². The predicted octanol–water partition coefficient (Wildman–Crippen LogP) is 8.17. The van der Waals surface area contributed by atoms with Crippen LogP contribution in [0.5, 0.6) is 0 Å². The molecule has 11 atom stereocenters. The molecule has 0 aromatic heterocycles. The minimum Gasteiger partial charge on any atom is -0.456 e. The summed E-state index contributed by atoms with van der Waals surface area (Å²) in [6.07, 6.45) is -8.85. The van der Waals surface area contributed by atoms with E-state index in [4.69, 9.17) is 37.6 Å². The lowest BCUT2D eigenvalue weighted by molar-refractivity contribution is -0.344. The molecule has 1 unspecified atom stereocenters. The van der Waals surface area contributed by atoms with Gasteiger partial charge in [0.1, 0.15) is 23.9 Å². The normalized spacial score (nSPS) is 29.1. The summed E-state index contributed by atoms with van der Waals surface area (Å²) in [5, 5.41) is 17.3. The second-order valence-corrected chi connectivity index (χ2v) is 26.1. The van der Waals surface area contributed by atoms with Crippen molar-refractivity contribution in [2.75, 3.05) is 13.7 Å². The molecule has 1 amide bonds. The molecule has 3 aliphatic carbocycles. The number of fused-ring (bicyclic) bond motifs is 5. The van der Waals surface area contributed by atoms with Gasteiger partial charge in [-0.25, -0.2) is 9.59 Å². The number of ether oxygens (including phenoxy) is 7. The zero-order valence-corrected chi connectivity index (χ0v) is 45.7. The summed E-state index contributed by atoms with van der Waals surface area (Å²) in [7, 11) is -1.26. The molecule has 17 heteroatoms. The Morgan fingerprint density at radius 1 is 0.824 bits per heavy atom. The van der Waals surface area contributed by atoms with Crippen LogP contribution in [0.3, 0.4) is 0 Å². The zero-order chi connectivity index (χ0) is 54.2. The summed E-state index contributed by atoms with van der Waals surface area (Å²) in [6.45, 7) is 18.1. The van der Waals surface area contributed by atoms with Gasteiger partial charge in [0.2, 0.25) is 0 Å². The number of nitrogens with one attached hydrogen (secondary N) is 1. The minimum absolute atomic E-state index is 0.0790. The van der Waals surface area contributed by atoms with Gasteiger partial charge in [0.05, 0.1) is 35.6 Å². The Kier molecular flexibility index (Phi) is 16.4. The van der Waals surface area contributed by atoms with Crippen LogP contribution < -0.4 is 5.32 Å². The number of hydrogen-bond donors (Lipinski definition) is 2. The Morgan fingerprint density at radius 2 is 1.39 bits per heavy atom. The molecule has 2 bridgehead atoms. The smallest absolute Gasteiger partial charge is 0.338 e. The van der Waals surface area contributed by atoms with Crippen molar-refractivity contribution in [3.05, 3.63) is 119 Å². The van der Waals surface area contributed by atoms with Crippen molar-refractivity contribution in [2.24, 2.45) is 16.7 Å². The number of methoxy groups -OCH3 is 1. The van der Waals surface area contributed by atoms with E-state index in [0.717, 1.165) is 0 Å². The van der Waals surface area contributed by atoms with Crippen LogP contribution in [0.1, 0.15) is 121 Å². The van der Waals surface area contributed by atoms with E-state index >= 15 is 9.59 Å². The minimum atomic E-state index is -2.65. The summed E-state index contributed by atoms with van der Waals surface area (Å²) >= 11 is 0. The van der Waals surface area contributed by atoms with E-state index in [1.54, 1.807) is 133 Å². The molecule has 3 aromatic rings. The van der Waals surface area contributed by atoms with Gasteiger partial charge in [0.15, 0.2) is 37.7 Å². The largest absolute Gasteiger partial charge is 0.456 e. The third kappa shape index (κ3) is 10.1. The van der Waals surface area contributed by atoms with Crippen molar-refractivity contribution in [2.45, 2.75) is 167 Å². The highest BCUT2D eigenvalue weighted by Gasteiger charge is 2.79. The maximum Gasteiger partial charge on any atom is 0.338 e. The van der Waals surface area contributed by atoms with Crippen LogP contribution in [-0.4, -0.2) is 116 Å². The number of hydrogen-bond acceptors (Lipinski definition) is 15. The number of carbonyl (C=O) groups is 6. The Balaban J connectivity index is 1.48. The average molecular weight is 1040 g/mol. The second kappa shape index (κ2) is 21.6. The summed E-state index contributed by atoms with van der Waals surface area (Å²) in [4.78, 5) is 87.9. The lowest BCUT2D eigenvalue weighted by Gasteiger charge is -2.68. The number of aliphatic hydroxyl groups is 1. The molecule has 0 radical (unpaired) electrons. The van der Waals surface area contributed by atoms with Crippen molar-refractivity contribution in [1.82, 2.24) is 5.32 Å². The molecular weight excluding hydrogens is 967 g/mol. The molecule has 16 nitrogen and oxygen atoms in total. The van der Waals surface area contributed by atoms with Gasteiger partial charge in [-0.05, 0) is 86.8 Å². The summed E-state index contributed by atoms with van der Waals surface area (Å²) in [5.74, 6) is -7.46. The van der Waals surface area contributed by atoms with E-state index in [1.165, 1.54) is 21.0 Å². The Hall–Kier alpha value is -5.56. The molecule has 1 saturated heterocycles. The maximum atomic E-state index is 16.5. The van der Waals surface area contributed by atoms with E-state index < -0.39 is 127 Å². The topological polar surface area (TPSA) is 209 Å². The summed E-state index contributed by atoms with van der Waals surface area (Å²) in [5.41, 5.74) is -6.26. The molecule has 1 heterocycles. The quantitative estimate of drug-likeness (QED) is 0.0405. The number of rotatable bonds is 18. The van der Waals surface area contributed by atoms with E-state index in [1.807, 2.05) is 20.8 Å². The van der Waals surface area contributed by atoms with Crippen molar-refractivity contribution in [3.8, 4) is 0 Å². The van der Waals surface area contributed by atoms with Gasteiger partial charge in [0.25, 0.3) is 5.91 Å². The fraction of sp³-hybridized carbons (Fsp3) is 0.544. The molecule has 400 valence electrons. The van der Waals surface area contributed by atoms with Gasteiger partial charge >= 0.3 is 23.9 Å². The summed E-state index contributed by atoms with van der Waals surface area (Å²) < 4.78 is 51.8. The van der Waals surface area contributed by atoms with E-state index in [0.29, 0.717) is 29.3 Å². The van der Waals surface area contributed by atoms with E-state index in [9.17, 15) is 24.3 Å². The molecule has 4 aliphatic rings. The van der Waals surface area contributed by atoms with Gasteiger partial charge in [0, 0.05) is 44.8 Å². The average Bonchev–Trinajstić information content (AvgIpc) is 3.37. The lowest BCUT2D eigenvalue weighted by Crippen LogP contribution is -2.82. The van der Waals surface area contributed by atoms with Crippen LogP contribution in [0.25, 0.3) is 0 Å². The fourth-order valence-corrected chi connectivity index (χ4v) is 15.0. The van der Waals surface area contributed by atoms with Gasteiger partial charge in [-0.3, -0.25) is 19.2 Å². The molecule has 3 fully saturated rings. The monoisotopic (exact) mass is 1040 g/mol. The Morgan fingerprint density at radius 3 is 1.91 bits per heavy atom. The van der Waals surface area contributed by atoms with Gasteiger partial charge in [-0.2, -0.15) is 0 Å². The van der Waals surface area contributed by atoms with Crippen LogP contribution in [0, 0.1) is 16.7 Å². The highest BCUT2D eigenvalue weighted by molar-refractivity contribution is 6.73. The van der Waals surface area contributed by atoms with Gasteiger partial charge in [-0.15, -0.1) is 0 Å². The molecule has 3 aromatic carbocycles. The number of Topliss-reactive ketones (excluding diaryl/α,β-unsaturated/α-hetero) is 1. The highest BCUT2D eigenvalue weighted by Crippen LogP contribution is 2.65. The number of carbonyl (C=O) groups excluding carboxylic acids is 6. The first-order valence-electron chi connectivity index (χ1n) is 25.6. The molecule has 1 aliphatic heterocycles. The second-order valence-electron chi connectivity index (χ2n) is 21.4. The number of amides is 1. The lowest BCUT2D eigenvalue weighted by atomic mass is 9.44. The summed E-state index contributed by atoms with van der Waals surface area (Å²) in [6, 6.07) is 26.2. The van der Waals surface area contributed by atoms with Gasteiger partial charge < -0.3 is 48.0 Å². The molecule has 2 saturated carbocycles. The third-order valence-corrected chi connectivity index (χ3v) is 21.3. The number of ketones is 1. The van der Waals surface area contributed by atoms with Crippen molar-refractivity contribution < 1.29 is 71.5 Å². The van der Waals surface area contributed by atoms with E-state index in [-0.39, 0.29) is 29.7 Å². The fourth-order valence-electron chi connectivity index (χ4n) is 12.1. The molecular formula is C57H73NO15Si.